The summed E-state index contributed by atoms with van der Waals surface area (Å²) in [6, 6.07) is 18.4. The van der Waals surface area contributed by atoms with Crippen LogP contribution in [0.1, 0.15) is 11.1 Å². The molecule has 0 heterocycles. The van der Waals surface area contributed by atoms with E-state index in [1.54, 1.807) is 0 Å². The zero-order chi connectivity index (χ0) is 14.2. The molecule has 20 heavy (non-hydrogen) atoms. The maximum Gasteiger partial charge on any atom is 0.394 e. The van der Waals surface area contributed by atoms with E-state index >= 15 is 0 Å². The molecule has 100 valence electrons. The van der Waals surface area contributed by atoms with Crippen molar-refractivity contribution in [3.63, 3.8) is 0 Å². The van der Waals surface area contributed by atoms with Crippen molar-refractivity contribution in [2.45, 2.75) is 19.0 Å². The maximum atomic E-state index is 12.0. The molecule has 0 aromatic heterocycles. The molecular weight excluding hydrogens is 250 g/mol. The topological polar surface area (TPSA) is 57.2 Å². The molecule has 0 saturated heterocycles. The third-order valence-electron chi connectivity index (χ3n) is 3.02. The lowest BCUT2D eigenvalue weighted by atomic mass is 10.1. The summed E-state index contributed by atoms with van der Waals surface area (Å²) in [5.74, 6) is -0.278. The van der Waals surface area contributed by atoms with E-state index in [2.05, 4.69) is 10.3 Å². The van der Waals surface area contributed by atoms with E-state index in [-0.39, 0.29) is 5.91 Å². The largest absolute Gasteiger partial charge is 0.394 e. The maximum absolute atomic E-state index is 12.0. The number of hydrogen-bond donors (Lipinski definition) is 1. The number of amides is 1. The van der Waals surface area contributed by atoms with Gasteiger partial charge in [-0.05, 0) is 11.1 Å². The Morgan fingerprint density at radius 1 is 1.00 bits per heavy atom. The van der Waals surface area contributed by atoms with Crippen LogP contribution in [0.4, 0.5) is 0 Å². The molecule has 0 radical (unpaired) electrons. The number of benzene rings is 2. The molecule has 0 aliphatic rings. The van der Waals surface area contributed by atoms with Crippen molar-refractivity contribution >= 4 is 5.91 Å². The van der Waals surface area contributed by atoms with Gasteiger partial charge in [-0.1, -0.05) is 60.7 Å². The van der Waals surface area contributed by atoms with Gasteiger partial charge in [-0.15, -0.1) is 0 Å². The molecule has 1 N–H and O–H groups in total. The molecular formula is C16H16N3O+. The SMILES string of the molecule is N#[N+]C(Cc1ccccc1)C(=O)NCc1ccccc1. The summed E-state index contributed by atoms with van der Waals surface area (Å²) in [4.78, 5) is 15.2. The van der Waals surface area contributed by atoms with Gasteiger partial charge in [0.05, 0.1) is 6.42 Å². The first-order valence-electron chi connectivity index (χ1n) is 6.49. The van der Waals surface area contributed by atoms with Gasteiger partial charge >= 0.3 is 11.9 Å². The number of carbonyl (C=O) groups excluding carboxylic acids is 1. The van der Waals surface area contributed by atoms with Gasteiger partial charge in [0.15, 0.2) is 0 Å². The lowest BCUT2D eigenvalue weighted by Gasteiger charge is -2.04. The monoisotopic (exact) mass is 266 g/mol. The highest BCUT2D eigenvalue weighted by atomic mass is 16.2. The number of nitrogens with zero attached hydrogens (tertiary/aromatic N) is 2. The Bertz CT molecular complexity index is 590. The van der Waals surface area contributed by atoms with Gasteiger partial charge in [0.25, 0.3) is 0 Å². The molecule has 0 aliphatic carbocycles. The zero-order valence-corrected chi connectivity index (χ0v) is 11.1. The Kier molecular flexibility index (Phi) is 4.85. The Balaban J connectivity index is 1.91. The first-order valence-corrected chi connectivity index (χ1v) is 6.49. The summed E-state index contributed by atoms with van der Waals surface area (Å²) in [5, 5.41) is 11.8. The Hall–Kier alpha value is -2.67. The molecule has 0 spiro atoms. The zero-order valence-electron chi connectivity index (χ0n) is 11.1. The molecule has 1 unspecified atom stereocenters. The van der Waals surface area contributed by atoms with Gasteiger partial charge in [0.2, 0.25) is 5.39 Å². The predicted molar refractivity (Wildman–Crippen MR) is 77.3 cm³/mol. The summed E-state index contributed by atoms with van der Waals surface area (Å²) in [6.45, 7) is 0.431. The molecule has 0 fully saturated rings. The smallest absolute Gasteiger partial charge is 0.345 e. The number of hydrogen-bond acceptors (Lipinski definition) is 2. The van der Waals surface area contributed by atoms with Crippen molar-refractivity contribution in [2.75, 3.05) is 0 Å². The average Bonchev–Trinajstić information content (AvgIpc) is 2.52. The fourth-order valence-electron chi connectivity index (χ4n) is 1.93. The molecule has 0 saturated carbocycles. The Morgan fingerprint density at radius 3 is 2.10 bits per heavy atom. The Labute approximate surface area is 118 Å². The molecule has 1 amide bonds. The van der Waals surface area contributed by atoms with Crippen molar-refractivity contribution < 1.29 is 4.79 Å². The van der Waals surface area contributed by atoms with E-state index in [4.69, 9.17) is 5.39 Å². The molecule has 4 nitrogen and oxygen atoms in total. The summed E-state index contributed by atoms with van der Waals surface area (Å²) >= 11 is 0. The second-order valence-corrected chi connectivity index (χ2v) is 4.52. The van der Waals surface area contributed by atoms with Gasteiger partial charge in [-0.3, -0.25) is 4.79 Å². The molecule has 4 heteroatoms. The van der Waals surface area contributed by atoms with E-state index in [0.29, 0.717) is 13.0 Å². The first-order chi connectivity index (χ1) is 9.79. The second-order valence-electron chi connectivity index (χ2n) is 4.52. The van der Waals surface area contributed by atoms with Crippen LogP contribution in [-0.4, -0.2) is 11.9 Å². The van der Waals surface area contributed by atoms with E-state index in [1.165, 1.54) is 0 Å². The quantitative estimate of drug-likeness (QED) is 0.846. The lowest BCUT2D eigenvalue weighted by molar-refractivity contribution is -0.121. The average molecular weight is 266 g/mol. The third-order valence-corrected chi connectivity index (χ3v) is 3.02. The van der Waals surface area contributed by atoms with Crippen LogP contribution >= 0.6 is 0 Å². The van der Waals surface area contributed by atoms with Gasteiger partial charge in [-0.2, -0.15) is 0 Å². The fourth-order valence-corrected chi connectivity index (χ4v) is 1.93. The van der Waals surface area contributed by atoms with Crippen LogP contribution in [0.2, 0.25) is 0 Å². The number of carbonyl (C=O) groups is 1. The van der Waals surface area contributed by atoms with E-state index in [0.717, 1.165) is 11.1 Å². The number of rotatable bonds is 5. The molecule has 0 aliphatic heterocycles. The number of diazo groups is 1. The lowest BCUT2D eigenvalue weighted by Crippen LogP contribution is -2.33. The summed E-state index contributed by atoms with van der Waals surface area (Å²) < 4.78 is 0. The first kappa shape index (κ1) is 13.8. The van der Waals surface area contributed by atoms with Crippen molar-refractivity contribution in [2.24, 2.45) is 0 Å². The normalized spacial score (nSPS) is 11.3. The van der Waals surface area contributed by atoms with Crippen molar-refractivity contribution in [1.82, 2.24) is 5.32 Å². The summed E-state index contributed by atoms with van der Waals surface area (Å²) in [6.07, 6.45) is 0.387. The van der Waals surface area contributed by atoms with Crippen LogP contribution in [0.5, 0.6) is 0 Å². The molecule has 1 atom stereocenters. The van der Waals surface area contributed by atoms with Crippen molar-refractivity contribution in [3.8, 4) is 0 Å². The fraction of sp³-hybridized carbons (Fsp3) is 0.188. The standard InChI is InChI=1S/C16H15N3O/c17-19-15(11-13-7-3-1-4-8-13)16(20)18-12-14-9-5-2-6-10-14/h1-10,15H,11-12H2/p+1. The van der Waals surface area contributed by atoms with Gasteiger partial charge in [-0.25, -0.2) is 0 Å². The van der Waals surface area contributed by atoms with Crippen molar-refractivity contribution in [3.05, 3.63) is 76.8 Å². The highest BCUT2D eigenvalue weighted by Gasteiger charge is 2.30. The van der Waals surface area contributed by atoms with Crippen LogP contribution < -0.4 is 5.32 Å². The molecule has 2 aromatic rings. The summed E-state index contributed by atoms with van der Waals surface area (Å²) in [5.41, 5.74) is 1.97. The highest BCUT2D eigenvalue weighted by Crippen LogP contribution is 2.06. The van der Waals surface area contributed by atoms with Crippen LogP contribution in [0.3, 0.4) is 0 Å². The number of nitrogens with one attached hydrogen (secondary N) is 1. The summed E-state index contributed by atoms with van der Waals surface area (Å²) in [7, 11) is 0. The minimum absolute atomic E-state index is 0.278. The van der Waals surface area contributed by atoms with Gasteiger partial charge in [0, 0.05) is 6.54 Å². The second kappa shape index (κ2) is 7.05. The van der Waals surface area contributed by atoms with E-state index < -0.39 is 6.04 Å². The van der Waals surface area contributed by atoms with Crippen LogP contribution in [-0.2, 0) is 17.8 Å². The van der Waals surface area contributed by atoms with E-state index in [1.807, 2.05) is 60.7 Å². The minimum atomic E-state index is -0.777. The molecule has 2 aromatic carbocycles. The van der Waals surface area contributed by atoms with Gasteiger partial charge in [0.1, 0.15) is 4.98 Å². The predicted octanol–water partition coefficient (Wildman–Crippen LogP) is 2.77. The van der Waals surface area contributed by atoms with Crippen molar-refractivity contribution in [1.29, 1.82) is 5.39 Å². The molecule has 0 bridgehead atoms. The van der Waals surface area contributed by atoms with Crippen LogP contribution in [0.25, 0.3) is 4.98 Å². The third kappa shape index (κ3) is 3.92. The highest BCUT2D eigenvalue weighted by molar-refractivity contribution is 5.83. The Morgan fingerprint density at radius 2 is 1.55 bits per heavy atom. The van der Waals surface area contributed by atoms with Crippen LogP contribution in [0, 0.1) is 5.39 Å². The minimum Gasteiger partial charge on any atom is -0.345 e. The molecule has 2 rings (SSSR count). The van der Waals surface area contributed by atoms with E-state index in [9.17, 15) is 4.79 Å². The van der Waals surface area contributed by atoms with Gasteiger partial charge < -0.3 is 5.32 Å². The van der Waals surface area contributed by atoms with Crippen LogP contribution in [0.15, 0.2) is 60.7 Å².